The fourth-order valence-corrected chi connectivity index (χ4v) is 4.03. The van der Waals surface area contributed by atoms with Crippen LogP contribution in [0.2, 0.25) is 0 Å². The van der Waals surface area contributed by atoms with E-state index in [1.165, 1.54) is 5.56 Å². The molecule has 0 heterocycles. The van der Waals surface area contributed by atoms with Crippen molar-refractivity contribution >= 4 is 17.6 Å². The number of benzene rings is 2. The molecule has 1 atom stereocenters. The SMILES string of the molecule is CC[N+](CC)(CC(=O)OCc1ccccc1)C(C)C(=O)Nc1c(C)cc(C)cc1C. The van der Waals surface area contributed by atoms with Crippen LogP contribution in [0.5, 0.6) is 0 Å². The Morgan fingerprint density at radius 2 is 1.57 bits per heavy atom. The molecule has 1 unspecified atom stereocenters. The number of likely N-dealkylation sites (N-methyl/N-ethyl adjacent to an activating group) is 1. The third kappa shape index (κ3) is 5.70. The molecule has 0 aliphatic heterocycles. The average molecular weight is 412 g/mol. The fraction of sp³-hybridized carbons (Fsp3) is 0.440. The highest BCUT2D eigenvalue weighted by Crippen LogP contribution is 2.24. The van der Waals surface area contributed by atoms with Crippen molar-refractivity contribution in [3.05, 3.63) is 64.7 Å². The number of nitrogens with one attached hydrogen (secondary N) is 1. The topological polar surface area (TPSA) is 55.4 Å². The van der Waals surface area contributed by atoms with Crippen molar-refractivity contribution in [3.8, 4) is 0 Å². The lowest BCUT2D eigenvalue weighted by molar-refractivity contribution is -0.931. The first-order chi connectivity index (χ1) is 14.2. The molecule has 0 bridgehead atoms. The first-order valence-corrected chi connectivity index (χ1v) is 10.7. The second-order valence-corrected chi connectivity index (χ2v) is 8.09. The van der Waals surface area contributed by atoms with Gasteiger partial charge in [-0.25, -0.2) is 4.79 Å². The van der Waals surface area contributed by atoms with Gasteiger partial charge in [0.1, 0.15) is 6.61 Å². The first-order valence-electron chi connectivity index (χ1n) is 10.7. The minimum absolute atomic E-state index is 0.0791. The second kappa shape index (κ2) is 10.4. The summed E-state index contributed by atoms with van der Waals surface area (Å²) in [4.78, 5) is 25.8. The number of quaternary nitrogens is 1. The van der Waals surface area contributed by atoms with Gasteiger partial charge in [0.2, 0.25) is 0 Å². The average Bonchev–Trinajstić information content (AvgIpc) is 2.73. The third-order valence-electron chi connectivity index (χ3n) is 6.07. The molecule has 0 fully saturated rings. The maximum atomic E-state index is 13.1. The van der Waals surface area contributed by atoms with E-state index in [9.17, 15) is 9.59 Å². The number of nitrogens with zero attached hydrogens (tertiary/aromatic N) is 1. The van der Waals surface area contributed by atoms with Gasteiger partial charge in [-0.05, 0) is 58.2 Å². The van der Waals surface area contributed by atoms with Crippen molar-refractivity contribution in [1.82, 2.24) is 0 Å². The van der Waals surface area contributed by atoms with E-state index in [4.69, 9.17) is 4.74 Å². The Bertz CT molecular complexity index is 850. The Morgan fingerprint density at radius 3 is 2.10 bits per heavy atom. The van der Waals surface area contributed by atoms with Crippen molar-refractivity contribution in [3.63, 3.8) is 0 Å². The van der Waals surface area contributed by atoms with Crippen LogP contribution in [0.4, 0.5) is 5.69 Å². The van der Waals surface area contributed by atoms with Crippen LogP contribution in [0.1, 0.15) is 43.0 Å². The number of carbonyl (C=O) groups is 2. The Hall–Kier alpha value is -2.66. The van der Waals surface area contributed by atoms with Gasteiger partial charge in [0.25, 0.3) is 5.91 Å². The fourth-order valence-electron chi connectivity index (χ4n) is 4.03. The molecule has 0 aliphatic rings. The number of rotatable bonds is 9. The smallest absolute Gasteiger partial charge is 0.362 e. The van der Waals surface area contributed by atoms with Gasteiger partial charge in [0.15, 0.2) is 12.6 Å². The van der Waals surface area contributed by atoms with E-state index < -0.39 is 0 Å². The van der Waals surface area contributed by atoms with Gasteiger partial charge >= 0.3 is 5.97 Å². The normalized spacial score (nSPS) is 12.3. The van der Waals surface area contributed by atoms with E-state index in [2.05, 4.69) is 17.4 Å². The molecule has 0 radical (unpaired) electrons. The second-order valence-electron chi connectivity index (χ2n) is 8.09. The first kappa shape index (κ1) is 23.6. The van der Waals surface area contributed by atoms with Crippen molar-refractivity contribution in [2.24, 2.45) is 0 Å². The summed E-state index contributed by atoms with van der Waals surface area (Å²) in [5.74, 6) is -0.366. The number of esters is 1. The summed E-state index contributed by atoms with van der Waals surface area (Å²) >= 11 is 0. The van der Waals surface area contributed by atoms with Crippen molar-refractivity contribution in [1.29, 1.82) is 0 Å². The molecule has 162 valence electrons. The number of ether oxygens (including phenoxy) is 1. The van der Waals surface area contributed by atoms with E-state index in [1.54, 1.807) is 0 Å². The highest BCUT2D eigenvalue weighted by atomic mass is 16.5. The molecule has 2 rings (SSSR count). The maximum absolute atomic E-state index is 13.1. The minimum Gasteiger partial charge on any atom is -0.457 e. The van der Waals surface area contributed by atoms with Crippen LogP contribution in [-0.4, -0.2) is 42.0 Å². The molecule has 2 aromatic rings. The summed E-state index contributed by atoms with van der Waals surface area (Å²) in [5, 5.41) is 3.10. The maximum Gasteiger partial charge on any atom is 0.362 e. The molecule has 0 saturated carbocycles. The lowest BCUT2D eigenvalue weighted by Gasteiger charge is -2.40. The van der Waals surface area contributed by atoms with Crippen LogP contribution in [-0.2, 0) is 20.9 Å². The molecule has 1 N–H and O–H groups in total. The highest BCUT2D eigenvalue weighted by Gasteiger charge is 2.38. The molecule has 5 nitrogen and oxygen atoms in total. The van der Waals surface area contributed by atoms with Gasteiger partial charge in [-0.3, -0.25) is 4.79 Å². The number of hydrogen-bond acceptors (Lipinski definition) is 3. The van der Waals surface area contributed by atoms with E-state index in [1.807, 2.05) is 71.9 Å². The molecular formula is C25H35N2O3+. The molecule has 0 aliphatic carbocycles. The van der Waals surface area contributed by atoms with Crippen LogP contribution < -0.4 is 5.32 Å². The largest absolute Gasteiger partial charge is 0.457 e. The van der Waals surface area contributed by atoms with Crippen LogP contribution >= 0.6 is 0 Å². The quantitative estimate of drug-likeness (QED) is 0.487. The monoisotopic (exact) mass is 411 g/mol. The minimum atomic E-state index is -0.385. The number of aryl methyl sites for hydroxylation is 3. The number of amides is 1. The summed E-state index contributed by atoms with van der Waals surface area (Å²) in [5.41, 5.74) is 5.06. The van der Waals surface area contributed by atoms with Gasteiger partial charge in [-0.1, -0.05) is 48.0 Å². The zero-order valence-electron chi connectivity index (χ0n) is 19.1. The highest BCUT2D eigenvalue weighted by molar-refractivity contribution is 5.95. The molecule has 30 heavy (non-hydrogen) atoms. The predicted octanol–water partition coefficient (Wildman–Crippen LogP) is 4.54. The Balaban J connectivity index is 2.10. The van der Waals surface area contributed by atoms with Crippen LogP contribution in [0.3, 0.4) is 0 Å². The van der Waals surface area contributed by atoms with E-state index in [0.717, 1.165) is 22.4 Å². The molecule has 0 saturated heterocycles. The standard InChI is InChI=1S/C25H34N2O3/c1-7-27(8-2,16-23(28)30-17-22-12-10-9-11-13-22)21(6)25(29)26-24-19(4)14-18(3)15-20(24)5/h9-15,21H,7-8,16-17H2,1-6H3/p+1. The number of hydrogen-bond donors (Lipinski definition) is 1. The number of carbonyl (C=O) groups excluding carboxylic acids is 2. The van der Waals surface area contributed by atoms with Crippen LogP contribution in [0.15, 0.2) is 42.5 Å². The van der Waals surface area contributed by atoms with Crippen molar-refractivity contribution in [2.45, 2.75) is 54.2 Å². The van der Waals surface area contributed by atoms with E-state index >= 15 is 0 Å². The lowest BCUT2D eigenvalue weighted by Crippen LogP contribution is -2.60. The third-order valence-corrected chi connectivity index (χ3v) is 6.07. The van der Waals surface area contributed by atoms with Crippen LogP contribution in [0.25, 0.3) is 0 Å². The van der Waals surface area contributed by atoms with Gasteiger partial charge in [0.05, 0.1) is 13.1 Å². The summed E-state index contributed by atoms with van der Waals surface area (Å²) in [7, 11) is 0. The summed E-state index contributed by atoms with van der Waals surface area (Å²) in [6.45, 7) is 13.7. The Labute approximate surface area is 180 Å². The molecule has 0 aromatic heterocycles. The Morgan fingerprint density at radius 1 is 1.00 bits per heavy atom. The molecule has 1 amide bonds. The van der Waals surface area contributed by atoms with Gasteiger partial charge in [-0.2, -0.15) is 0 Å². The van der Waals surface area contributed by atoms with Gasteiger partial charge < -0.3 is 14.5 Å². The van der Waals surface area contributed by atoms with Gasteiger partial charge in [0, 0.05) is 5.69 Å². The van der Waals surface area contributed by atoms with Crippen molar-refractivity contribution < 1.29 is 18.8 Å². The summed E-state index contributed by atoms with van der Waals surface area (Å²) in [6.07, 6.45) is 0. The molecular weight excluding hydrogens is 376 g/mol. The molecule has 5 heteroatoms. The van der Waals surface area contributed by atoms with Crippen LogP contribution in [0, 0.1) is 20.8 Å². The predicted molar refractivity (Wildman–Crippen MR) is 121 cm³/mol. The zero-order valence-corrected chi connectivity index (χ0v) is 19.1. The van der Waals surface area contributed by atoms with E-state index in [-0.39, 0.29) is 31.1 Å². The number of anilines is 1. The summed E-state index contributed by atoms with van der Waals surface area (Å²) < 4.78 is 5.85. The lowest BCUT2D eigenvalue weighted by atomic mass is 10.0. The molecule has 0 spiro atoms. The summed E-state index contributed by atoms with van der Waals surface area (Å²) in [6, 6.07) is 13.4. The van der Waals surface area contributed by atoms with E-state index in [0.29, 0.717) is 17.6 Å². The zero-order chi connectivity index (χ0) is 22.3. The Kier molecular flexibility index (Phi) is 8.18. The van der Waals surface area contributed by atoms with Gasteiger partial charge in [-0.15, -0.1) is 0 Å². The van der Waals surface area contributed by atoms with Crippen molar-refractivity contribution in [2.75, 3.05) is 25.0 Å². The molecule has 2 aromatic carbocycles.